The summed E-state index contributed by atoms with van der Waals surface area (Å²) in [6.45, 7) is 25.2. The molecule has 0 aliphatic carbocycles. The van der Waals surface area contributed by atoms with Crippen molar-refractivity contribution in [3.63, 3.8) is 0 Å². The van der Waals surface area contributed by atoms with Crippen LogP contribution in [-0.4, -0.2) is 35.6 Å². The van der Waals surface area contributed by atoms with Crippen molar-refractivity contribution in [2.24, 2.45) is 0 Å². The van der Waals surface area contributed by atoms with E-state index in [1.807, 2.05) is 0 Å². The van der Waals surface area contributed by atoms with Gasteiger partial charge in [0.1, 0.15) is 0 Å². The first kappa shape index (κ1) is 19.1. The Morgan fingerprint density at radius 1 is 0.789 bits per heavy atom. The van der Waals surface area contributed by atoms with Crippen LogP contribution in [0.25, 0.3) is 0 Å². The number of carbonyl (C=O) groups is 1. The van der Waals surface area contributed by atoms with E-state index in [1.165, 1.54) is 0 Å². The molecule has 0 bridgehead atoms. The maximum Gasteiger partial charge on any atom is 0.319 e. The van der Waals surface area contributed by atoms with Crippen molar-refractivity contribution in [1.82, 2.24) is 0 Å². The molecular weight excluding hydrogens is 300 g/mol. The molecule has 2 nitrogen and oxygen atoms in total. The molecule has 0 saturated heterocycles. The van der Waals surface area contributed by atoms with Crippen LogP contribution in [0.15, 0.2) is 12.2 Å². The fraction of sp³-hybridized carbons (Fsp3) is 0.769. The van der Waals surface area contributed by atoms with Crippen molar-refractivity contribution in [1.29, 1.82) is 0 Å². The standard InChI is InChI=1S/C13H32O2Si4/c1-12(2)13(14)15-19(16(3,4)5,17(6,7)8)18(9,10)11/h1H2,2-11H3. The van der Waals surface area contributed by atoms with Gasteiger partial charge >= 0.3 is 5.97 Å². The Hall–Kier alpha value is 0.0775. The minimum atomic E-state index is -2.02. The average molecular weight is 333 g/mol. The second-order valence-electron chi connectivity index (χ2n) is 8.60. The lowest BCUT2D eigenvalue weighted by atomic mass is 10.4. The molecule has 112 valence electrons. The summed E-state index contributed by atoms with van der Waals surface area (Å²) in [6.07, 6.45) is 0. The third kappa shape index (κ3) is 3.59. The highest BCUT2D eigenvalue weighted by Gasteiger charge is 2.66. The molecule has 0 N–H and O–H groups in total. The molecule has 0 saturated carbocycles. The molecule has 0 aromatic rings. The Balaban J connectivity index is 6.12. The summed E-state index contributed by atoms with van der Waals surface area (Å²) in [5.74, 6) is -0.140. The number of rotatable bonds is 5. The van der Waals surface area contributed by atoms with Crippen molar-refractivity contribution in [3.8, 4) is 0 Å². The van der Waals surface area contributed by atoms with Gasteiger partial charge in [-0.25, -0.2) is 4.79 Å². The number of hydrogen-bond donors (Lipinski definition) is 0. The van der Waals surface area contributed by atoms with Crippen LogP contribution in [0.2, 0.25) is 58.9 Å². The fourth-order valence-electron chi connectivity index (χ4n) is 4.06. The zero-order chi connectivity index (χ0) is 15.9. The molecule has 0 aliphatic rings. The molecular formula is C13H32O2Si4. The highest BCUT2D eigenvalue weighted by Crippen LogP contribution is 2.38. The first-order valence-electron chi connectivity index (χ1n) is 6.97. The minimum absolute atomic E-state index is 0.140. The number of carbonyl (C=O) groups excluding carboxylic acids is 1. The Morgan fingerprint density at radius 3 is 1.21 bits per heavy atom. The molecule has 0 aromatic heterocycles. The van der Waals surface area contributed by atoms with Crippen LogP contribution < -0.4 is 0 Å². The second-order valence-corrected chi connectivity index (χ2v) is 48.0. The molecule has 0 radical (unpaired) electrons. The summed E-state index contributed by atoms with van der Waals surface area (Å²) in [5, 5.41) is 0. The predicted molar refractivity (Wildman–Crippen MR) is 96.7 cm³/mol. The molecule has 0 amide bonds. The van der Waals surface area contributed by atoms with Crippen LogP contribution in [0.1, 0.15) is 6.92 Å². The third-order valence-electron chi connectivity index (χ3n) is 3.76. The van der Waals surface area contributed by atoms with Gasteiger partial charge in [-0.05, 0) is 6.92 Å². The monoisotopic (exact) mass is 332 g/mol. The van der Waals surface area contributed by atoms with Gasteiger partial charge in [0.05, 0.1) is 22.8 Å². The van der Waals surface area contributed by atoms with Gasteiger partial charge in [0.25, 0.3) is 0 Å². The van der Waals surface area contributed by atoms with E-state index in [4.69, 9.17) is 4.43 Å². The lowest BCUT2D eigenvalue weighted by molar-refractivity contribution is -0.130. The predicted octanol–water partition coefficient (Wildman–Crippen LogP) is 4.30. The van der Waals surface area contributed by atoms with Gasteiger partial charge in [0.2, 0.25) is 6.87 Å². The maximum atomic E-state index is 12.3. The summed E-state index contributed by atoms with van der Waals surface area (Å²) in [7, 11) is -4.61. The van der Waals surface area contributed by atoms with Gasteiger partial charge in [-0.1, -0.05) is 65.5 Å². The van der Waals surface area contributed by atoms with E-state index < -0.39 is 29.6 Å². The van der Waals surface area contributed by atoms with E-state index >= 15 is 0 Å². The van der Waals surface area contributed by atoms with Gasteiger partial charge in [0.15, 0.2) is 0 Å². The third-order valence-corrected chi connectivity index (χ3v) is 71.0. The first-order valence-corrected chi connectivity index (χ1v) is 22.4. The first-order chi connectivity index (χ1) is 8.08. The molecule has 0 fully saturated rings. The van der Waals surface area contributed by atoms with E-state index in [-0.39, 0.29) is 5.97 Å². The van der Waals surface area contributed by atoms with Crippen molar-refractivity contribution in [2.45, 2.75) is 65.8 Å². The van der Waals surface area contributed by atoms with Crippen molar-refractivity contribution >= 4 is 35.6 Å². The molecule has 0 spiro atoms. The molecule has 0 aromatic carbocycles. The van der Waals surface area contributed by atoms with Crippen molar-refractivity contribution in [2.75, 3.05) is 0 Å². The van der Waals surface area contributed by atoms with Crippen molar-refractivity contribution in [3.05, 3.63) is 12.2 Å². The molecule has 0 unspecified atom stereocenters. The quantitative estimate of drug-likeness (QED) is 0.554. The lowest BCUT2D eigenvalue weighted by Gasteiger charge is -2.55. The molecule has 0 rings (SSSR count). The fourth-order valence-corrected chi connectivity index (χ4v) is 96.8. The topological polar surface area (TPSA) is 26.3 Å². The molecule has 0 heterocycles. The smallest absolute Gasteiger partial charge is 0.319 e. The molecule has 0 atom stereocenters. The van der Waals surface area contributed by atoms with Crippen molar-refractivity contribution < 1.29 is 9.22 Å². The van der Waals surface area contributed by atoms with Gasteiger partial charge < -0.3 is 4.43 Å². The highest BCUT2D eigenvalue weighted by molar-refractivity contribution is 7.87. The van der Waals surface area contributed by atoms with Crippen LogP contribution >= 0.6 is 0 Å². The second kappa shape index (κ2) is 5.46. The maximum absolute atomic E-state index is 12.3. The van der Waals surface area contributed by atoms with E-state index in [9.17, 15) is 4.79 Å². The van der Waals surface area contributed by atoms with Crippen LogP contribution in [0.3, 0.4) is 0 Å². The lowest BCUT2D eigenvalue weighted by Crippen LogP contribution is -2.84. The average Bonchev–Trinajstić information content (AvgIpc) is 2.06. The Bertz CT molecular complexity index is 334. The van der Waals surface area contributed by atoms with Crippen LogP contribution in [0, 0.1) is 0 Å². The van der Waals surface area contributed by atoms with E-state index in [0.717, 1.165) is 0 Å². The molecule has 19 heavy (non-hydrogen) atoms. The zero-order valence-electron chi connectivity index (χ0n) is 14.5. The largest absolute Gasteiger partial charge is 0.524 e. The molecule has 0 aliphatic heterocycles. The SMILES string of the molecule is C=C(C)C(=O)O[Si]([Si](C)(C)C)([Si](C)(C)C)[Si](C)(C)C. The van der Waals surface area contributed by atoms with Crippen LogP contribution in [-0.2, 0) is 9.22 Å². The van der Waals surface area contributed by atoms with E-state index in [2.05, 4.69) is 65.5 Å². The summed E-state index contributed by atoms with van der Waals surface area (Å²) < 4.78 is 6.38. The van der Waals surface area contributed by atoms with Gasteiger partial charge in [-0.15, -0.1) is 0 Å². The Morgan fingerprint density at radius 2 is 1.05 bits per heavy atom. The van der Waals surface area contributed by atoms with Gasteiger partial charge in [-0.3, -0.25) is 0 Å². The van der Waals surface area contributed by atoms with Gasteiger partial charge in [-0.2, -0.15) is 0 Å². The van der Waals surface area contributed by atoms with Crippen LogP contribution in [0.4, 0.5) is 0 Å². The summed E-state index contributed by atoms with van der Waals surface area (Å²) in [6, 6.07) is 0. The number of hydrogen-bond acceptors (Lipinski definition) is 2. The van der Waals surface area contributed by atoms with E-state index in [0.29, 0.717) is 5.57 Å². The highest BCUT2D eigenvalue weighted by atomic mass is 29.9. The summed E-state index contributed by atoms with van der Waals surface area (Å²) in [5.41, 5.74) is 0.548. The van der Waals surface area contributed by atoms with E-state index in [1.54, 1.807) is 6.92 Å². The zero-order valence-corrected chi connectivity index (χ0v) is 18.5. The normalized spacial score (nSPS) is 14.2. The molecule has 6 heteroatoms. The van der Waals surface area contributed by atoms with Gasteiger partial charge in [0, 0.05) is 5.57 Å². The summed E-state index contributed by atoms with van der Waals surface area (Å²) in [4.78, 5) is 12.3. The minimum Gasteiger partial charge on any atom is -0.524 e. The Labute approximate surface area is 123 Å². The summed E-state index contributed by atoms with van der Waals surface area (Å²) >= 11 is 0. The Kier molecular flexibility index (Phi) is 5.48. The van der Waals surface area contributed by atoms with Crippen LogP contribution in [0.5, 0.6) is 0 Å².